The maximum Gasteiger partial charge on any atom is 0.121 e. The van der Waals surface area contributed by atoms with Gasteiger partial charge in [-0.1, -0.05) is 137 Å². The Balaban J connectivity index is 0.000000183. The van der Waals surface area contributed by atoms with Crippen LogP contribution in [0.3, 0.4) is 0 Å². The van der Waals surface area contributed by atoms with E-state index < -0.39 is 8.07 Å². The van der Waals surface area contributed by atoms with Gasteiger partial charge in [-0.15, -0.1) is 59.2 Å². The monoisotopic (exact) mass is 945 g/mol. The van der Waals surface area contributed by atoms with Gasteiger partial charge in [-0.05, 0) is 89.5 Å². The van der Waals surface area contributed by atoms with Crippen molar-refractivity contribution in [3.63, 3.8) is 0 Å². The minimum atomic E-state index is -1.36. The van der Waals surface area contributed by atoms with Crippen molar-refractivity contribution >= 4 is 35.2 Å². The van der Waals surface area contributed by atoms with Crippen molar-refractivity contribution in [1.29, 1.82) is 0 Å². The van der Waals surface area contributed by atoms with Gasteiger partial charge in [-0.25, -0.2) is 0 Å². The fourth-order valence-corrected chi connectivity index (χ4v) is 11.0. The molecule has 2 aliphatic carbocycles. The van der Waals surface area contributed by atoms with E-state index in [0.717, 1.165) is 62.7 Å². The molecule has 0 aliphatic heterocycles. The van der Waals surface area contributed by atoms with Crippen LogP contribution in [0.15, 0.2) is 102 Å². The summed E-state index contributed by atoms with van der Waals surface area (Å²) in [4.78, 5) is 9.48. The van der Waals surface area contributed by atoms with E-state index in [-0.39, 0.29) is 20.1 Å². The number of rotatable bonds is 8. The maximum absolute atomic E-state index is 6.25. The van der Waals surface area contributed by atoms with Crippen LogP contribution in [0.1, 0.15) is 79.2 Å². The Bertz CT molecular complexity index is 2460. The number of hydrogen-bond donors (Lipinski definition) is 0. The molecule has 2 saturated carbocycles. The normalized spacial score (nSPS) is 14.8. The summed E-state index contributed by atoms with van der Waals surface area (Å²) in [6.07, 6.45) is 17.6. The van der Waals surface area contributed by atoms with Crippen LogP contribution >= 0.6 is 0 Å². The summed E-state index contributed by atoms with van der Waals surface area (Å²) in [6, 6.07) is 36.9. The van der Waals surface area contributed by atoms with Crippen LogP contribution in [0.25, 0.3) is 55.6 Å². The third-order valence-electron chi connectivity index (χ3n) is 12.4. The van der Waals surface area contributed by atoms with Crippen LogP contribution in [0.4, 0.5) is 0 Å². The summed E-state index contributed by atoms with van der Waals surface area (Å²) < 4.78 is 6.25. The average molecular weight is 945 g/mol. The van der Waals surface area contributed by atoms with Gasteiger partial charge in [0.25, 0.3) is 0 Å². The molecule has 0 bridgehead atoms. The van der Waals surface area contributed by atoms with Gasteiger partial charge in [0.05, 0.1) is 13.7 Å². The van der Waals surface area contributed by atoms with Crippen molar-refractivity contribution in [2.24, 2.45) is 11.8 Å². The molecular formula is C52H56IrN2OSi-2. The van der Waals surface area contributed by atoms with Crippen LogP contribution in [-0.2, 0) is 32.9 Å². The smallest absolute Gasteiger partial charge is 0.121 e. The molecule has 0 saturated heterocycles. The average Bonchev–Trinajstić information content (AvgIpc) is 3.97. The molecule has 5 heteroatoms. The molecule has 0 amide bonds. The van der Waals surface area contributed by atoms with E-state index in [1.807, 2.05) is 18.3 Å². The summed E-state index contributed by atoms with van der Waals surface area (Å²) in [7, 11) is -1.36. The molecule has 57 heavy (non-hydrogen) atoms. The number of aryl methyl sites for hydroxylation is 3. The Hall–Kier alpha value is -4.15. The van der Waals surface area contributed by atoms with Crippen molar-refractivity contribution in [2.45, 2.75) is 105 Å². The second-order valence-corrected chi connectivity index (χ2v) is 22.7. The summed E-state index contributed by atoms with van der Waals surface area (Å²) in [6.45, 7) is 13.8. The van der Waals surface area contributed by atoms with E-state index in [9.17, 15) is 0 Å². The first-order valence-corrected chi connectivity index (χ1v) is 24.5. The van der Waals surface area contributed by atoms with Gasteiger partial charge >= 0.3 is 0 Å². The van der Waals surface area contributed by atoms with Gasteiger partial charge in [0.2, 0.25) is 0 Å². The van der Waals surface area contributed by atoms with Crippen LogP contribution in [0.2, 0.25) is 19.6 Å². The zero-order valence-electron chi connectivity index (χ0n) is 34.6. The van der Waals surface area contributed by atoms with Crippen molar-refractivity contribution in [2.75, 3.05) is 0 Å². The molecule has 295 valence electrons. The first-order valence-electron chi connectivity index (χ1n) is 21.0. The van der Waals surface area contributed by atoms with E-state index >= 15 is 0 Å². The zero-order valence-corrected chi connectivity index (χ0v) is 38.0. The Morgan fingerprint density at radius 2 is 1.39 bits per heavy atom. The van der Waals surface area contributed by atoms with E-state index in [1.165, 1.54) is 91.2 Å². The molecule has 4 aromatic carbocycles. The number of pyridine rings is 2. The molecule has 1 radical (unpaired) electrons. The summed E-state index contributed by atoms with van der Waals surface area (Å²) in [5.74, 6) is 1.71. The molecule has 2 fully saturated rings. The van der Waals surface area contributed by atoms with Gasteiger partial charge in [0.1, 0.15) is 5.58 Å². The molecule has 2 aliphatic rings. The largest absolute Gasteiger partial charge is 0.500 e. The number of hydrogen-bond acceptors (Lipinski definition) is 3. The molecule has 0 N–H and O–H groups in total. The van der Waals surface area contributed by atoms with Crippen LogP contribution in [0.5, 0.6) is 0 Å². The topological polar surface area (TPSA) is 38.9 Å². The molecule has 3 aromatic heterocycles. The van der Waals surface area contributed by atoms with Gasteiger partial charge in [-0.2, -0.15) is 0 Å². The predicted molar refractivity (Wildman–Crippen MR) is 238 cm³/mol. The fraction of sp³-hybridized carbons (Fsp3) is 0.346. The fourth-order valence-electron chi connectivity index (χ4n) is 9.39. The molecular weight excluding hydrogens is 889 g/mol. The number of aromatic nitrogens is 2. The molecule has 9 rings (SSSR count). The third-order valence-corrected chi connectivity index (χ3v) is 14.4. The number of benzene rings is 4. The zero-order chi connectivity index (χ0) is 38.8. The predicted octanol–water partition coefficient (Wildman–Crippen LogP) is 13.6. The second kappa shape index (κ2) is 17.8. The van der Waals surface area contributed by atoms with Crippen molar-refractivity contribution in [3.05, 3.63) is 137 Å². The van der Waals surface area contributed by atoms with Crippen molar-refractivity contribution in [1.82, 2.24) is 9.97 Å². The molecule has 3 heterocycles. The molecule has 7 aromatic rings. The Morgan fingerprint density at radius 1 is 0.684 bits per heavy atom. The Morgan fingerprint density at radius 3 is 2.09 bits per heavy atom. The minimum Gasteiger partial charge on any atom is -0.500 e. The van der Waals surface area contributed by atoms with Gasteiger partial charge in [-0.3, -0.25) is 0 Å². The molecule has 0 atom stereocenters. The van der Waals surface area contributed by atoms with Gasteiger partial charge < -0.3 is 14.4 Å². The van der Waals surface area contributed by atoms with Crippen molar-refractivity contribution in [3.8, 4) is 33.6 Å². The SMILES string of the molecule is Cc1ccc[c-]c1-c1cc(CC2CCCC2)c([Si](C)(C)C)cn1.Cc1cccc(C)c1-c1ccc2c(c1)oc1c[c-]c(-c3cc(CC4CCCC4)ccn3)cc12.[Ir]. The minimum absolute atomic E-state index is 0. The third kappa shape index (κ3) is 9.28. The quantitative estimate of drug-likeness (QED) is 0.113. The van der Waals surface area contributed by atoms with E-state index in [1.54, 1.807) is 10.8 Å². The van der Waals surface area contributed by atoms with E-state index in [4.69, 9.17) is 9.40 Å². The summed E-state index contributed by atoms with van der Waals surface area (Å²) >= 11 is 0. The second-order valence-electron chi connectivity index (χ2n) is 17.7. The van der Waals surface area contributed by atoms with Crippen LogP contribution in [-0.4, -0.2) is 18.0 Å². The number of fused-ring (bicyclic) bond motifs is 3. The Kier molecular flexibility index (Phi) is 12.8. The molecule has 0 unspecified atom stereocenters. The number of furan rings is 1. The van der Waals surface area contributed by atoms with E-state index in [0.29, 0.717) is 0 Å². The van der Waals surface area contributed by atoms with Crippen molar-refractivity contribution < 1.29 is 24.5 Å². The van der Waals surface area contributed by atoms with Gasteiger partial charge in [0.15, 0.2) is 0 Å². The van der Waals surface area contributed by atoms with Crippen LogP contribution < -0.4 is 5.19 Å². The maximum atomic E-state index is 6.25. The molecule has 3 nitrogen and oxygen atoms in total. The van der Waals surface area contributed by atoms with Crippen LogP contribution in [0, 0.1) is 44.7 Å². The van der Waals surface area contributed by atoms with E-state index in [2.05, 4.69) is 137 Å². The molecule has 0 spiro atoms. The Labute approximate surface area is 355 Å². The standard InChI is InChI=1S/C31H28NO.C21H28NSi.Ir/c1-20-6-5-7-21(2)31(20)25-10-12-26-27-18-24(11-13-29(27)33-30(26)19-25)28-17-23(14-15-32-28)16-22-8-3-4-9-22;1-16-9-5-8-12-19(16)20-14-18(13-17-10-6-7-11-17)21(15-22-20)23(2,3)4;/h5-7,10,12-15,17-19,22H,3-4,8-9,16H2,1-2H3;5,8-9,14-15,17H,6-7,10-11,13H2,1-4H3;/q2*-1;. The summed E-state index contributed by atoms with van der Waals surface area (Å²) in [5.41, 5.74) is 15.3. The summed E-state index contributed by atoms with van der Waals surface area (Å²) in [5, 5.41) is 3.80. The number of nitrogens with zero attached hydrogens (tertiary/aromatic N) is 2. The first kappa shape index (κ1) is 41.0. The first-order chi connectivity index (χ1) is 27.1. The van der Waals surface area contributed by atoms with Gasteiger partial charge in [0, 0.05) is 37.9 Å².